The largest absolute Gasteiger partial charge is 0.390 e. The van der Waals surface area contributed by atoms with Gasteiger partial charge in [-0.1, -0.05) is 39.5 Å². The van der Waals surface area contributed by atoms with E-state index in [0.29, 0.717) is 5.92 Å². The highest BCUT2D eigenvalue weighted by atomic mass is 16.5. The molecule has 1 saturated carbocycles. The van der Waals surface area contributed by atoms with Crippen LogP contribution in [0, 0.1) is 11.8 Å². The van der Waals surface area contributed by atoms with Gasteiger partial charge in [-0.2, -0.15) is 0 Å². The summed E-state index contributed by atoms with van der Waals surface area (Å²) in [5.74, 6) is 1.14. The zero-order valence-corrected chi connectivity index (χ0v) is 9.70. The van der Waals surface area contributed by atoms with Crippen molar-refractivity contribution in [3.05, 3.63) is 0 Å². The van der Waals surface area contributed by atoms with Gasteiger partial charge in [-0.3, -0.25) is 0 Å². The van der Waals surface area contributed by atoms with Gasteiger partial charge in [0, 0.05) is 7.11 Å². The van der Waals surface area contributed by atoms with Crippen LogP contribution >= 0.6 is 0 Å². The van der Waals surface area contributed by atoms with Gasteiger partial charge in [-0.05, 0) is 18.3 Å². The van der Waals surface area contributed by atoms with Gasteiger partial charge in [-0.15, -0.1) is 0 Å². The quantitative estimate of drug-likeness (QED) is 0.739. The standard InChI is InChI=1S/C12H24O2/c1-9(2)12(14-3)11(13)8-10-6-4-5-7-10/h9-13H,4-8H2,1-3H3. The molecule has 2 unspecified atom stereocenters. The fraction of sp³-hybridized carbons (Fsp3) is 1.00. The van der Waals surface area contributed by atoms with Gasteiger partial charge in [-0.25, -0.2) is 0 Å². The molecule has 0 spiro atoms. The topological polar surface area (TPSA) is 29.5 Å². The van der Waals surface area contributed by atoms with Gasteiger partial charge in [0.15, 0.2) is 0 Å². The molecule has 1 aliphatic carbocycles. The van der Waals surface area contributed by atoms with E-state index in [2.05, 4.69) is 13.8 Å². The Morgan fingerprint density at radius 2 is 1.86 bits per heavy atom. The maximum atomic E-state index is 10.0. The number of aliphatic hydroxyl groups is 1. The third kappa shape index (κ3) is 3.25. The van der Waals surface area contributed by atoms with Gasteiger partial charge in [0.25, 0.3) is 0 Å². The minimum atomic E-state index is -0.275. The van der Waals surface area contributed by atoms with Crippen LogP contribution in [0.2, 0.25) is 0 Å². The maximum Gasteiger partial charge on any atom is 0.0853 e. The van der Waals surface area contributed by atoms with Crippen molar-refractivity contribution in [2.24, 2.45) is 11.8 Å². The SMILES string of the molecule is COC(C(C)C)C(O)CC1CCCC1. The maximum absolute atomic E-state index is 10.0. The number of methoxy groups -OCH3 is 1. The average molecular weight is 200 g/mol. The molecule has 2 heteroatoms. The summed E-state index contributed by atoms with van der Waals surface area (Å²) in [6.07, 6.45) is 5.94. The van der Waals surface area contributed by atoms with Crippen LogP contribution in [0.5, 0.6) is 0 Å². The van der Waals surface area contributed by atoms with E-state index >= 15 is 0 Å². The highest BCUT2D eigenvalue weighted by molar-refractivity contribution is 4.77. The predicted molar refractivity (Wildman–Crippen MR) is 58.2 cm³/mol. The van der Waals surface area contributed by atoms with Gasteiger partial charge in [0.05, 0.1) is 12.2 Å². The first-order chi connectivity index (χ1) is 6.65. The molecule has 14 heavy (non-hydrogen) atoms. The van der Waals surface area contributed by atoms with Crippen LogP contribution in [0.3, 0.4) is 0 Å². The van der Waals surface area contributed by atoms with E-state index in [0.717, 1.165) is 12.3 Å². The van der Waals surface area contributed by atoms with Crippen LogP contribution in [0.15, 0.2) is 0 Å². The Bertz CT molecular complexity index is 150. The number of hydrogen-bond donors (Lipinski definition) is 1. The number of rotatable bonds is 5. The van der Waals surface area contributed by atoms with Crippen molar-refractivity contribution < 1.29 is 9.84 Å². The summed E-state index contributed by atoms with van der Waals surface area (Å²) in [6.45, 7) is 4.21. The van der Waals surface area contributed by atoms with Gasteiger partial charge in [0.2, 0.25) is 0 Å². The Labute approximate surface area is 87.7 Å². The molecule has 0 saturated heterocycles. The lowest BCUT2D eigenvalue weighted by molar-refractivity contribution is -0.0466. The third-order valence-electron chi connectivity index (χ3n) is 3.36. The van der Waals surface area contributed by atoms with E-state index in [1.54, 1.807) is 7.11 Å². The molecule has 2 nitrogen and oxygen atoms in total. The van der Waals surface area contributed by atoms with E-state index in [1.165, 1.54) is 25.7 Å². The van der Waals surface area contributed by atoms with Crippen LogP contribution < -0.4 is 0 Å². The van der Waals surface area contributed by atoms with Crippen LogP contribution in [0.1, 0.15) is 46.0 Å². The Balaban J connectivity index is 2.34. The van der Waals surface area contributed by atoms with Crippen molar-refractivity contribution in [2.75, 3.05) is 7.11 Å². The van der Waals surface area contributed by atoms with E-state index in [9.17, 15) is 5.11 Å². The Hall–Kier alpha value is -0.0800. The van der Waals surface area contributed by atoms with E-state index < -0.39 is 0 Å². The van der Waals surface area contributed by atoms with Crippen molar-refractivity contribution in [2.45, 2.75) is 58.2 Å². The first kappa shape index (κ1) is 12.0. The lowest BCUT2D eigenvalue weighted by atomic mass is 9.92. The van der Waals surface area contributed by atoms with Crippen molar-refractivity contribution in [3.63, 3.8) is 0 Å². The Morgan fingerprint density at radius 1 is 1.29 bits per heavy atom. The minimum Gasteiger partial charge on any atom is -0.390 e. The molecule has 1 rings (SSSR count). The second kappa shape index (κ2) is 5.72. The normalized spacial score (nSPS) is 22.9. The molecular weight excluding hydrogens is 176 g/mol. The molecule has 84 valence electrons. The highest BCUT2D eigenvalue weighted by Crippen LogP contribution is 2.30. The zero-order valence-electron chi connectivity index (χ0n) is 9.70. The molecule has 0 aromatic carbocycles. The zero-order chi connectivity index (χ0) is 10.6. The van der Waals surface area contributed by atoms with E-state index in [4.69, 9.17) is 4.74 Å². The van der Waals surface area contributed by atoms with Gasteiger partial charge in [0.1, 0.15) is 0 Å². The van der Waals surface area contributed by atoms with E-state index in [1.807, 2.05) is 0 Å². The van der Waals surface area contributed by atoms with Crippen molar-refractivity contribution >= 4 is 0 Å². The molecule has 0 aromatic rings. The van der Waals surface area contributed by atoms with Crippen LogP contribution in [0.25, 0.3) is 0 Å². The number of aliphatic hydroxyl groups excluding tert-OH is 1. The monoisotopic (exact) mass is 200 g/mol. The molecule has 0 amide bonds. The molecule has 2 atom stereocenters. The predicted octanol–water partition coefficient (Wildman–Crippen LogP) is 2.60. The molecule has 1 N–H and O–H groups in total. The summed E-state index contributed by atoms with van der Waals surface area (Å²) >= 11 is 0. The average Bonchev–Trinajstić information content (AvgIpc) is 2.57. The highest BCUT2D eigenvalue weighted by Gasteiger charge is 2.26. The first-order valence-electron chi connectivity index (χ1n) is 5.86. The molecule has 0 aromatic heterocycles. The Morgan fingerprint density at radius 3 is 2.29 bits per heavy atom. The second-order valence-corrected chi connectivity index (χ2v) is 4.90. The molecule has 0 bridgehead atoms. The molecule has 1 fully saturated rings. The number of ether oxygens (including phenoxy) is 1. The molecular formula is C12H24O2. The summed E-state index contributed by atoms with van der Waals surface area (Å²) in [5.41, 5.74) is 0. The van der Waals surface area contributed by atoms with Crippen molar-refractivity contribution in [3.8, 4) is 0 Å². The summed E-state index contributed by atoms with van der Waals surface area (Å²) in [5, 5.41) is 10.0. The number of hydrogen-bond acceptors (Lipinski definition) is 2. The molecule has 0 aliphatic heterocycles. The minimum absolute atomic E-state index is 0.00981. The molecule has 0 heterocycles. The lowest BCUT2D eigenvalue weighted by Gasteiger charge is -2.26. The summed E-state index contributed by atoms with van der Waals surface area (Å²) in [6, 6.07) is 0. The first-order valence-corrected chi connectivity index (χ1v) is 5.86. The van der Waals surface area contributed by atoms with Crippen LogP contribution in [-0.2, 0) is 4.74 Å². The lowest BCUT2D eigenvalue weighted by Crippen LogP contribution is -2.34. The second-order valence-electron chi connectivity index (χ2n) is 4.90. The fourth-order valence-electron chi connectivity index (χ4n) is 2.60. The van der Waals surface area contributed by atoms with Crippen LogP contribution in [0.4, 0.5) is 0 Å². The molecule has 0 radical (unpaired) electrons. The van der Waals surface area contributed by atoms with Crippen molar-refractivity contribution in [1.82, 2.24) is 0 Å². The smallest absolute Gasteiger partial charge is 0.0853 e. The third-order valence-corrected chi connectivity index (χ3v) is 3.36. The van der Waals surface area contributed by atoms with Crippen molar-refractivity contribution in [1.29, 1.82) is 0 Å². The fourth-order valence-corrected chi connectivity index (χ4v) is 2.60. The Kier molecular flexibility index (Phi) is 4.90. The summed E-state index contributed by atoms with van der Waals surface area (Å²) in [4.78, 5) is 0. The van der Waals surface area contributed by atoms with Crippen LogP contribution in [-0.4, -0.2) is 24.4 Å². The summed E-state index contributed by atoms with van der Waals surface area (Å²) in [7, 11) is 1.70. The molecule has 1 aliphatic rings. The van der Waals surface area contributed by atoms with Gasteiger partial charge >= 0.3 is 0 Å². The van der Waals surface area contributed by atoms with E-state index in [-0.39, 0.29) is 12.2 Å². The summed E-state index contributed by atoms with van der Waals surface area (Å²) < 4.78 is 5.33. The van der Waals surface area contributed by atoms with Gasteiger partial charge < -0.3 is 9.84 Å².